The normalized spacial score (nSPS) is 15.1. The average Bonchev–Trinajstić information content (AvgIpc) is 3.23. The van der Waals surface area contributed by atoms with Gasteiger partial charge in [0, 0.05) is 18.8 Å². The van der Waals surface area contributed by atoms with E-state index in [1.54, 1.807) is 6.07 Å². The number of halogens is 2. The molecule has 4 nitrogen and oxygen atoms in total. The number of rotatable bonds is 5. The van der Waals surface area contributed by atoms with E-state index >= 15 is 0 Å². The van der Waals surface area contributed by atoms with Gasteiger partial charge in [-0.2, -0.15) is 0 Å². The van der Waals surface area contributed by atoms with Crippen LogP contribution in [-0.4, -0.2) is 36.1 Å². The molecule has 1 aliphatic heterocycles. The second kappa shape index (κ2) is 6.80. The summed E-state index contributed by atoms with van der Waals surface area (Å²) in [5.41, 5.74) is 1.76. The molecular weight excluding hydrogens is 324 g/mol. The zero-order valence-electron chi connectivity index (χ0n) is 13.8. The van der Waals surface area contributed by atoms with Gasteiger partial charge in [-0.3, -0.25) is 0 Å². The molecule has 25 heavy (non-hydrogen) atoms. The maximum atomic E-state index is 13.9. The minimum absolute atomic E-state index is 0.0418. The number of nitrogens with one attached hydrogen (secondary N) is 1. The lowest BCUT2D eigenvalue weighted by atomic mass is 10.2. The first-order valence-electron chi connectivity index (χ1n) is 8.52. The summed E-state index contributed by atoms with van der Waals surface area (Å²) in [6.45, 7) is 4.18. The molecule has 1 saturated heterocycles. The summed E-state index contributed by atoms with van der Waals surface area (Å²) >= 11 is 0. The molecular formula is C19H19F2N3O. The maximum absolute atomic E-state index is 13.9. The fourth-order valence-electron chi connectivity index (χ4n) is 3.21. The predicted octanol–water partition coefficient (Wildman–Crippen LogP) is 4.28. The minimum Gasteiger partial charge on any atom is -0.436 e. The van der Waals surface area contributed by atoms with E-state index in [1.807, 2.05) is 12.1 Å². The summed E-state index contributed by atoms with van der Waals surface area (Å²) in [4.78, 5) is 6.68. The zero-order valence-corrected chi connectivity index (χ0v) is 13.8. The molecule has 1 aliphatic rings. The molecule has 0 saturated carbocycles. The number of benzene rings is 2. The van der Waals surface area contributed by atoms with Gasteiger partial charge in [-0.25, -0.2) is 13.8 Å². The summed E-state index contributed by atoms with van der Waals surface area (Å²) in [5, 5.41) is 3.36. The van der Waals surface area contributed by atoms with Crippen molar-refractivity contribution in [2.45, 2.75) is 12.8 Å². The molecule has 6 heteroatoms. The van der Waals surface area contributed by atoms with E-state index in [2.05, 4.69) is 15.2 Å². The third-order valence-electron chi connectivity index (χ3n) is 4.52. The van der Waals surface area contributed by atoms with E-state index in [1.165, 1.54) is 44.1 Å². The Balaban J connectivity index is 1.53. The lowest BCUT2D eigenvalue weighted by molar-refractivity contribution is 0.352. The highest BCUT2D eigenvalue weighted by Gasteiger charge is 2.17. The number of hydrogen-bond donors (Lipinski definition) is 1. The standard InChI is InChI=1S/C19H19F2N3O/c20-14-4-3-5-15(21)18(14)19-23-16-12-13(6-7-17(16)25-19)22-8-11-24-9-1-2-10-24/h3-7,12,22H,1-2,8-11H2. The van der Waals surface area contributed by atoms with Crippen molar-refractivity contribution >= 4 is 16.8 Å². The topological polar surface area (TPSA) is 41.3 Å². The van der Waals surface area contributed by atoms with Crippen molar-refractivity contribution in [3.05, 3.63) is 48.0 Å². The Morgan fingerprint density at radius 1 is 1.08 bits per heavy atom. The molecule has 0 bridgehead atoms. The van der Waals surface area contributed by atoms with Crippen LogP contribution in [0.1, 0.15) is 12.8 Å². The van der Waals surface area contributed by atoms with Crippen LogP contribution in [0.25, 0.3) is 22.6 Å². The van der Waals surface area contributed by atoms with Crippen molar-refractivity contribution in [2.24, 2.45) is 0 Å². The van der Waals surface area contributed by atoms with Crippen molar-refractivity contribution in [2.75, 3.05) is 31.5 Å². The van der Waals surface area contributed by atoms with E-state index in [9.17, 15) is 8.78 Å². The van der Waals surface area contributed by atoms with Gasteiger partial charge >= 0.3 is 0 Å². The zero-order chi connectivity index (χ0) is 17.2. The van der Waals surface area contributed by atoms with Gasteiger partial charge in [-0.05, 0) is 56.3 Å². The monoisotopic (exact) mass is 343 g/mol. The van der Waals surface area contributed by atoms with Crippen molar-refractivity contribution in [3.63, 3.8) is 0 Å². The van der Waals surface area contributed by atoms with Crippen LogP contribution < -0.4 is 5.32 Å². The summed E-state index contributed by atoms with van der Waals surface area (Å²) in [6, 6.07) is 9.20. The third-order valence-corrected chi connectivity index (χ3v) is 4.52. The number of hydrogen-bond acceptors (Lipinski definition) is 4. The molecule has 2 aromatic carbocycles. The van der Waals surface area contributed by atoms with E-state index in [0.717, 1.165) is 18.8 Å². The van der Waals surface area contributed by atoms with Crippen LogP contribution >= 0.6 is 0 Å². The minimum atomic E-state index is -0.685. The third kappa shape index (κ3) is 3.35. The Kier molecular flexibility index (Phi) is 4.36. The van der Waals surface area contributed by atoms with Gasteiger partial charge in [0.05, 0.1) is 0 Å². The highest BCUT2D eigenvalue weighted by molar-refractivity contribution is 5.80. The van der Waals surface area contributed by atoms with Crippen molar-refractivity contribution < 1.29 is 13.2 Å². The Hall–Kier alpha value is -2.47. The van der Waals surface area contributed by atoms with E-state index < -0.39 is 11.6 Å². The Labute approximate surface area is 144 Å². The fraction of sp³-hybridized carbons (Fsp3) is 0.316. The average molecular weight is 343 g/mol. The summed E-state index contributed by atoms with van der Waals surface area (Å²) in [6.07, 6.45) is 2.56. The predicted molar refractivity (Wildman–Crippen MR) is 93.5 cm³/mol. The summed E-state index contributed by atoms with van der Waals surface area (Å²) in [7, 11) is 0. The Morgan fingerprint density at radius 2 is 1.84 bits per heavy atom. The second-order valence-corrected chi connectivity index (χ2v) is 6.27. The van der Waals surface area contributed by atoms with Gasteiger partial charge in [-0.15, -0.1) is 0 Å². The molecule has 1 N–H and O–H groups in total. The first-order valence-corrected chi connectivity index (χ1v) is 8.52. The van der Waals surface area contributed by atoms with Crippen molar-refractivity contribution in [1.29, 1.82) is 0 Å². The van der Waals surface area contributed by atoms with Crippen LogP contribution in [0.3, 0.4) is 0 Å². The lowest BCUT2D eigenvalue weighted by Crippen LogP contribution is -2.25. The van der Waals surface area contributed by atoms with Crippen molar-refractivity contribution in [3.8, 4) is 11.5 Å². The quantitative estimate of drug-likeness (QED) is 0.751. The van der Waals surface area contributed by atoms with Crippen LogP contribution in [0.5, 0.6) is 0 Å². The first kappa shape index (κ1) is 16.0. The molecule has 130 valence electrons. The van der Waals surface area contributed by atoms with Gasteiger partial charge < -0.3 is 14.6 Å². The molecule has 0 amide bonds. The van der Waals surface area contributed by atoms with Gasteiger partial charge in [0.25, 0.3) is 0 Å². The largest absolute Gasteiger partial charge is 0.436 e. The molecule has 0 spiro atoms. The Bertz CT molecular complexity index is 867. The van der Waals surface area contributed by atoms with Crippen LogP contribution in [0.15, 0.2) is 40.8 Å². The van der Waals surface area contributed by atoms with E-state index in [-0.39, 0.29) is 11.5 Å². The van der Waals surface area contributed by atoms with Gasteiger partial charge in [0.2, 0.25) is 5.89 Å². The summed E-state index contributed by atoms with van der Waals surface area (Å²) in [5.74, 6) is -1.41. The van der Waals surface area contributed by atoms with Gasteiger partial charge in [0.15, 0.2) is 5.58 Å². The molecule has 3 aromatic rings. The number of nitrogens with zero attached hydrogens (tertiary/aromatic N) is 2. The highest BCUT2D eigenvalue weighted by Crippen LogP contribution is 2.29. The molecule has 2 heterocycles. The first-order chi connectivity index (χ1) is 12.2. The molecule has 0 aliphatic carbocycles. The number of anilines is 1. The Morgan fingerprint density at radius 3 is 2.60 bits per heavy atom. The SMILES string of the molecule is Fc1cccc(F)c1-c1nc2cc(NCCN3CCCC3)ccc2o1. The lowest BCUT2D eigenvalue weighted by Gasteiger charge is -2.15. The highest BCUT2D eigenvalue weighted by atomic mass is 19.1. The van der Waals surface area contributed by atoms with Crippen LogP contribution in [0.4, 0.5) is 14.5 Å². The molecule has 0 unspecified atom stereocenters. The fourth-order valence-corrected chi connectivity index (χ4v) is 3.21. The number of fused-ring (bicyclic) bond motifs is 1. The van der Waals surface area contributed by atoms with Gasteiger partial charge in [-0.1, -0.05) is 6.07 Å². The number of likely N-dealkylation sites (tertiary alicyclic amines) is 1. The maximum Gasteiger partial charge on any atom is 0.233 e. The number of aromatic nitrogens is 1. The van der Waals surface area contributed by atoms with Crippen LogP contribution in [-0.2, 0) is 0 Å². The van der Waals surface area contributed by atoms with Gasteiger partial charge in [0.1, 0.15) is 22.7 Å². The van der Waals surface area contributed by atoms with E-state index in [0.29, 0.717) is 11.1 Å². The van der Waals surface area contributed by atoms with Crippen molar-refractivity contribution in [1.82, 2.24) is 9.88 Å². The van der Waals surface area contributed by atoms with E-state index in [4.69, 9.17) is 4.42 Å². The molecule has 1 fully saturated rings. The van der Waals surface area contributed by atoms with Crippen LogP contribution in [0, 0.1) is 11.6 Å². The molecule has 0 atom stereocenters. The van der Waals surface area contributed by atoms with Crippen LogP contribution in [0.2, 0.25) is 0 Å². The molecule has 1 aromatic heterocycles. The molecule has 0 radical (unpaired) electrons. The summed E-state index contributed by atoms with van der Waals surface area (Å²) < 4.78 is 33.3. The number of oxazole rings is 1. The molecule has 4 rings (SSSR count). The smallest absolute Gasteiger partial charge is 0.233 e. The second-order valence-electron chi connectivity index (χ2n) is 6.27.